The van der Waals surface area contributed by atoms with E-state index in [1.807, 2.05) is 0 Å². The number of esters is 6. The molecule has 0 heterocycles. The van der Waals surface area contributed by atoms with Crippen molar-refractivity contribution in [2.24, 2.45) is 17.2 Å². The summed E-state index contributed by atoms with van der Waals surface area (Å²) < 4.78 is 44.8. The Balaban J connectivity index is -0.000000569. The van der Waals surface area contributed by atoms with Crippen LogP contribution in [0.1, 0.15) is 228 Å². The highest BCUT2D eigenvalue weighted by atomic mass is 17.0. The summed E-state index contributed by atoms with van der Waals surface area (Å²) in [5.41, 5.74) is 15.2. The molecule has 0 aliphatic rings. The highest BCUT2D eigenvalue weighted by molar-refractivity contribution is 5.89. The van der Waals surface area contributed by atoms with E-state index in [0.29, 0.717) is 110 Å². The molecule has 0 saturated carbocycles. The Kier molecular flexibility index (Phi) is 87.2. The number of carbonyl (C=O) groups is 12. The van der Waals surface area contributed by atoms with Crippen molar-refractivity contribution >= 4 is 71.6 Å². The van der Waals surface area contributed by atoms with Crippen LogP contribution in [0.4, 0.5) is 9.59 Å². The molecule has 0 fully saturated rings. The molecule has 0 saturated heterocycles. The number of rotatable bonds is 84. The number of amides is 6. The molecule has 0 aliphatic carbocycles. The molecule has 0 bridgehead atoms. The number of nitrogens with zero attached hydrogens (tertiary/aromatic N) is 10. The minimum Gasteiger partial charge on any atom is -0.466 e. The largest absolute Gasteiger partial charge is 0.466 e. The summed E-state index contributed by atoms with van der Waals surface area (Å²) in [6, 6.07) is -5.69. The summed E-state index contributed by atoms with van der Waals surface area (Å²) in [4.78, 5) is 283. The van der Waals surface area contributed by atoms with Crippen LogP contribution < -0.4 is 49.1 Å². The van der Waals surface area contributed by atoms with Gasteiger partial charge in [-0.1, -0.05) is 25.7 Å². The number of nitrogens with two attached hydrogens (primary N) is 3. The van der Waals surface area contributed by atoms with E-state index in [-0.39, 0.29) is 189 Å². The Bertz CT molecular complexity index is 3800. The van der Waals surface area contributed by atoms with Gasteiger partial charge in [-0.2, -0.15) is 0 Å². The topological polar surface area (TPSA) is 962 Å². The normalized spacial score (nSPS) is 11.4. The quantitative estimate of drug-likeness (QED) is 0.0138. The molecule has 842 valence electrons. The average Bonchev–Trinajstić information content (AvgIpc) is 0.891. The Labute approximate surface area is 833 Å². The van der Waals surface area contributed by atoms with Gasteiger partial charge in [0.25, 0.3) is 50.9 Å². The van der Waals surface area contributed by atoms with Gasteiger partial charge in [0.2, 0.25) is 23.6 Å². The van der Waals surface area contributed by atoms with Gasteiger partial charge in [0.1, 0.15) is 42.5 Å². The first kappa shape index (κ1) is 140. The number of hydrogen-bond acceptors (Lipinski definition) is 54. The van der Waals surface area contributed by atoms with Gasteiger partial charge >= 0.3 is 48.0 Å². The molecule has 6 amide bonds. The van der Waals surface area contributed by atoms with Crippen LogP contribution in [0.15, 0.2) is 0 Å². The van der Waals surface area contributed by atoms with Crippen LogP contribution in [-0.4, -0.2) is 309 Å². The van der Waals surface area contributed by atoms with Crippen molar-refractivity contribution in [2.75, 3.05) is 145 Å². The number of alkyl carbamates (subject to hydrolysis) is 2. The van der Waals surface area contributed by atoms with Gasteiger partial charge in [-0.15, -0.1) is 101 Å². The Morgan fingerprint density at radius 1 is 0.253 bits per heavy atom. The minimum absolute atomic E-state index is 0.00978. The van der Waals surface area contributed by atoms with E-state index >= 15 is 0 Å². The van der Waals surface area contributed by atoms with E-state index in [4.69, 9.17) is 59.8 Å². The summed E-state index contributed by atoms with van der Waals surface area (Å²) in [7, 11) is 0. The lowest BCUT2D eigenvalue weighted by molar-refractivity contribution is -0.758. The molecule has 0 aromatic heterocycles. The number of nitrogens with one attached hydrogen (secondary N) is 6. The highest BCUT2D eigenvalue weighted by Crippen LogP contribution is 2.14. The molecule has 0 aromatic rings. The predicted octanol–water partition coefficient (Wildman–Crippen LogP) is 1.84. The lowest BCUT2D eigenvalue weighted by atomic mass is 10.1. The van der Waals surface area contributed by atoms with Crippen LogP contribution in [-0.2, 0) is 139 Å². The molecule has 5 atom stereocenters. The van der Waals surface area contributed by atoms with Crippen LogP contribution in [0.2, 0.25) is 0 Å². The van der Waals surface area contributed by atoms with Gasteiger partial charge in [-0.05, 0) is 170 Å². The van der Waals surface area contributed by atoms with Gasteiger partial charge in [0.05, 0.1) is 143 Å². The molecule has 0 radical (unpaired) electrons. The van der Waals surface area contributed by atoms with E-state index in [1.165, 1.54) is 0 Å². The maximum Gasteiger partial charge on any atom is 0.408 e. The lowest BCUT2D eigenvalue weighted by Crippen LogP contribution is -2.45. The van der Waals surface area contributed by atoms with E-state index < -0.39 is 164 Å². The van der Waals surface area contributed by atoms with Crippen molar-refractivity contribution in [2.45, 2.75) is 269 Å². The fourth-order valence-corrected chi connectivity index (χ4v) is 9.84. The second-order valence-electron chi connectivity index (χ2n) is 31.3. The SMILES string of the molecule is CC(C)(C)OC(=O)NC(CC(=O)OCCCCO[N+](=O)[O-])C(=O)OCCCCO[N+](=O)[O-].CC(C)(C)OC(=O)NC(CCC(=O)OCCCCO[N+](=O)[O-])C(=O)OCCCCO[N+](=O)[O-].NC(CC(=O)NCCCCCCO[N+](=O)[O-])C(=O)NCCCCCCO[N+](=O)[O-].NC(CC(=O)NCCCCO[N+](=O)[O-])C(=O)NCCCCO[N+](=O)[O-].NC(CC(=O)OCCCCCO[N+](=O)[O-])C(=O)OCCOCCO[N+](=O)[O-]. The first-order chi connectivity index (χ1) is 68.8. The Morgan fingerprint density at radius 2 is 0.493 bits per heavy atom. The van der Waals surface area contributed by atoms with Gasteiger partial charge in [-0.3, -0.25) is 38.4 Å². The first-order valence-electron chi connectivity index (χ1n) is 45.4. The second-order valence-corrected chi connectivity index (χ2v) is 31.3. The molecule has 146 heavy (non-hydrogen) atoms. The maximum atomic E-state index is 12.3. The van der Waals surface area contributed by atoms with Crippen molar-refractivity contribution in [1.82, 2.24) is 31.9 Å². The average molecular weight is 2130 g/mol. The number of carbonyl (C=O) groups excluding carboxylic acids is 12. The lowest BCUT2D eigenvalue weighted by Gasteiger charge is -2.23. The fourth-order valence-electron chi connectivity index (χ4n) is 9.84. The van der Waals surface area contributed by atoms with Crippen LogP contribution in [0.25, 0.3) is 0 Å². The second kappa shape index (κ2) is 91.3. The molecule has 70 nitrogen and oxygen atoms in total. The van der Waals surface area contributed by atoms with E-state index in [1.54, 1.807) is 41.5 Å². The fraction of sp³-hybridized carbons (Fsp3) is 0.842. The van der Waals surface area contributed by atoms with E-state index in [2.05, 4.69) is 80.3 Å². The minimum atomic E-state index is -1.38. The third-order valence-corrected chi connectivity index (χ3v) is 16.5. The van der Waals surface area contributed by atoms with Gasteiger partial charge < -0.3 is 140 Å². The molecule has 5 unspecified atom stereocenters. The summed E-state index contributed by atoms with van der Waals surface area (Å²) in [5.74, 6) is -6.26. The molecule has 70 heteroatoms. The van der Waals surface area contributed by atoms with Gasteiger partial charge in [-0.25, -0.2) is 19.2 Å². The van der Waals surface area contributed by atoms with Crippen molar-refractivity contribution < 1.29 is 199 Å². The van der Waals surface area contributed by atoms with Crippen LogP contribution >= 0.6 is 0 Å². The molecular weight excluding hydrogens is 1990 g/mol. The smallest absolute Gasteiger partial charge is 0.408 e. The summed E-state index contributed by atoms with van der Waals surface area (Å²) >= 11 is 0. The Hall–Kier alpha value is -14.9. The third-order valence-electron chi connectivity index (χ3n) is 16.5. The van der Waals surface area contributed by atoms with Gasteiger partial charge in [0, 0.05) is 32.6 Å². The standard InChI is InChI=1S/C18H31N3O12.C17H29N3O12.C16H31N5O8.C13H23N3O11.C12H23N5O8/c1-18(2,3)33-17(24)19-14(16(23)30-11-5-7-13-32-21(27)28)8-9-15(22)29-10-4-6-12-31-20(25)26;1-17(2,3)32-16(23)18-13(15(22)29-9-5-7-11-31-20(26)27)12-14(21)28-8-4-6-10-30-19(24)25;17-14(16(23)19-10-6-2-4-8-12-29-21(26)27)13-15(22)18-9-5-1-3-7-11-28-20(24)25;14-11(13(18)25-8-6-23-7-9-27-16(21)22)10-12(17)24-4-2-1-3-5-26-15(19)20;13-10(12(19)15-6-2-4-8-25-17(22)23)9-11(18)14-5-1-3-7-24-16(20)21/h14H,4-13H2,1-3H3,(H,19,24);13H,4-12H2,1-3H3,(H,18,23);14H,1-13,17H2,(H,18,22)(H,19,23);11H,1-10,14H2;10H,1-9,13H2,(H,14,18)(H,15,19). The number of ether oxygens (including phenoxy) is 9. The molecule has 12 N–H and O–H groups in total. The third kappa shape index (κ3) is 108. The molecule has 0 aromatic carbocycles. The number of hydrogen-bond donors (Lipinski definition) is 9. The first-order valence-corrected chi connectivity index (χ1v) is 45.4. The monoisotopic (exact) mass is 2130 g/mol. The summed E-state index contributed by atoms with van der Waals surface area (Å²) in [6.07, 6.45) is 7.92. The maximum absolute atomic E-state index is 12.3. The van der Waals surface area contributed by atoms with E-state index in [0.717, 1.165) is 32.1 Å². The van der Waals surface area contributed by atoms with E-state index in [9.17, 15) is 159 Å². The van der Waals surface area contributed by atoms with Crippen LogP contribution in [0.5, 0.6) is 0 Å². The van der Waals surface area contributed by atoms with Crippen LogP contribution in [0.3, 0.4) is 0 Å². The van der Waals surface area contributed by atoms with Gasteiger partial charge in [0.15, 0.2) is 0 Å². The highest BCUT2D eigenvalue weighted by Gasteiger charge is 2.31. The summed E-state index contributed by atoms with van der Waals surface area (Å²) in [5, 5.41) is 106. The molecule has 0 rings (SSSR count). The van der Waals surface area contributed by atoms with Crippen molar-refractivity contribution in [3.8, 4) is 0 Å². The van der Waals surface area contributed by atoms with Crippen molar-refractivity contribution in [3.63, 3.8) is 0 Å². The van der Waals surface area contributed by atoms with Crippen molar-refractivity contribution in [1.29, 1.82) is 0 Å². The molecular formula is C76H137N19O51. The zero-order chi connectivity index (χ0) is 111. The predicted molar refractivity (Wildman–Crippen MR) is 482 cm³/mol. The van der Waals surface area contributed by atoms with Crippen molar-refractivity contribution in [3.05, 3.63) is 101 Å². The number of unbranched alkanes of at least 4 members (excludes halogenated alkanes) is 14. The zero-order valence-electron chi connectivity index (χ0n) is 82.0. The Morgan fingerprint density at radius 3 is 0.829 bits per heavy atom. The summed E-state index contributed by atoms with van der Waals surface area (Å²) in [6.45, 7) is 10.1. The molecule has 0 spiro atoms. The molecule has 0 aliphatic heterocycles. The van der Waals surface area contributed by atoms with Crippen LogP contribution in [0, 0.1) is 101 Å². The zero-order valence-corrected chi connectivity index (χ0v) is 82.0.